The lowest BCUT2D eigenvalue weighted by Crippen LogP contribution is -2.42. The van der Waals surface area contributed by atoms with E-state index in [4.69, 9.17) is 15.6 Å². The van der Waals surface area contributed by atoms with Gasteiger partial charge in [-0.15, -0.1) is 6.42 Å². The third kappa shape index (κ3) is 3.52. The molecule has 0 bridgehead atoms. The molecule has 0 amide bonds. The number of aromatic amines is 1. The van der Waals surface area contributed by atoms with Crippen LogP contribution in [0.4, 0.5) is 4.39 Å². The first-order chi connectivity index (χ1) is 12.9. The van der Waals surface area contributed by atoms with Gasteiger partial charge in [0.15, 0.2) is 25.7 Å². The first kappa shape index (κ1) is 20.7. The van der Waals surface area contributed by atoms with E-state index in [9.17, 15) is 4.79 Å². The zero-order valence-electron chi connectivity index (χ0n) is 17.2. The Balaban J connectivity index is 1.89. The molecule has 2 aromatic heterocycles. The van der Waals surface area contributed by atoms with Crippen LogP contribution in [0.15, 0.2) is 11.1 Å². The molecule has 9 heteroatoms. The molecule has 3 heterocycles. The number of alkyl halides is 1. The summed E-state index contributed by atoms with van der Waals surface area (Å²) >= 11 is 0. The van der Waals surface area contributed by atoms with E-state index in [0.29, 0.717) is 5.82 Å². The van der Waals surface area contributed by atoms with Crippen LogP contribution in [0.3, 0.4) is 0 Å². The van der Waals surface area contributed by atoms with Crippen molar-refractivity contribution < 1.29 is 13.6 Å². The van der Waals surface area contributed by atoms with Crippen molar-refractivity contribution in [1.82, 2.24) is 19.5 Å². The lowest BCUT2D eigenvalue weighted by Gasteiger charge is -2.36. The number of terminal acetylenes is 1. The summed E-state index contributed by atoms with van der Waals surface area (Å²) in [4.78, 5) is 23.0. The molecule has 3 atom stereocenters. The number of nitrogens with zero attached hydrogens (tertiary/aromatic N) is 3. The van der Waals surface area contributed by atoms with E-state index in [2.05, 4.69) is 54.7 Å². The Morgan fingerprint density at radius 2 is 2.21 bits per heavy atom. The Labute approximate surface area is 164 Å². The van der Waals surface area contributed by atoms with E-state index >= 15 is 4.39 Å². The average molecular weight is 407 g/mol. The lowest BCUT2D eigenvalue weighted by atomic mass is 10.0. The van der Waals surface area contributed by atoms with Crippen molar-refractivity contribution in [1.29, 1.82) is 0 Å². The van der Waals surface area contributed by atoms with Crippen molar-refractivity contribution in [3.63, 3.8) is 0 Å². The minimum absolute atomic E-state index is 0.00460. The molecule has 2 aromatic rings. The first-order valence-electron chi connectivity index (χ1n) is 9.27. The molecule has 1 fully saturated rings. The predicted molar refractivity (Wildman–Crippen MR) is 107 cm³/mol. The molecule has 1 N–H and O–H groups in total. The molecular formula is C19H27FN4O3Si. The maximum absolute atomic E-state index is 15.5. The van der Waals surface area contributed by atoms with Crippen LogP contribution in [0.1, 0.15) is 39.2 Å². The van der Waals surface area contributed by atoms with E-state index in [1.54, 1.807) is 6.92 Å². The van der Waals surface area contributed by atoms with Gasteiger partial charge in [-0.25, -0.2) is 14.4 Å². The van der Waals surface area contributed by atoms with Crippen LogP contribution in [-0.4, -0.2) is 46.2 Å². The number of aryl methyl sites for hydroxylation is 1. The number of rotatable bonds is 4. The van der Waals surface area contributed by atoms with Crippen molar-refractivity contribution >= 4 is 19.5 Å². The molecule has 28 heavy (non-hydrogen) atoms. The molecule has 1 aliphatic rings. The largest absolute Gasteiger partial charge is 0.414 e. The Bertz CT molecular complexity index is 988. The number of aromatic nitrogens is 4. The lowest BCUT2D eigenvalue weighted by molar-refractivity contribution is -0.0456. The van der Waals surface area contributed by atoms with E-state index in [1.165, 1.54) is 10.9 Å². The number of nitrogens with one attached hydrogen (secondary N) is 1. The van der Waals surface area contributed by atoms with E-state index in [1.807, 2.05) is 0 Å². The highest BCUT2D eigenvalue weighted by molar-refractivity contribution is 6.74. The van der Waals surface area contributed by atoms with Crippen LogP contribution in [-0.2, 0) is 9.16 Å². The van der Waals surface area contributed by atoms with Gasteiger partial charge in [0, 0.05) is 6.42 Å². The summed E-state index contributed by atoms with van der Waals surface area (Å²) in [6, 6.07) is 0. The summed E-state index contributed by atoms with van der Waals surface area (Å²) in [6.45, 7) is 12.6. The quantitative estimate of drug-likeness (QED) is 0.623. The fourth-order valence-corrected chi connectivity index (χ4v) is 4.05. The minimum atomic E-state index is -2.05. The molecule has 3 rings (SSSR count). The number of halogens is 1. The Hall–Kier alpha value is -2.02. The minimum Gasteiger partial charge on any atom is -0.414 e. The first-order valence-corrected chi connectivity index (χ1v) is 12.2. The number of H-pyrrole nitrogens is 1. The van der Waals surface area contributed by atoms with Gasteiger partial charge in [0.2, 0.25) is 5.67 Å². The molecule has 1 aliphatic heterocycles. The Morgan fingerprint density at radius 3 is 2.82 bits per heavy atom. The van der Waals surface area contributed by atoms with Crippen LogP contribution in [0.25, 0.3) is 11.2 Å². The molecule has 152 valence electrons. The van der Waals surface area contributed by atoms with Crippen molar-refractivity contribution in [2.45, 2.75) is 70.2 Å². The smallest absolute Gasteiger partial charge is 0.279 e. The molecule has 0 spiro atoms. The second-order valence-corrected chi connectivity index (χ2v) is 13.7. The zero-order chi connectivity index (χ0) is 20.9. The standard InChI is InChI=1S/C19H27FN4O3Si/c1-8-19(20)9-13(10-26-28(6,7)18(3,4)5)27-17(19)24-11-21-14-15(24)22-12(2)23-16(14)25/h1,11,13,17H,9-10H2,2-7H3,(H,22,23,25)/t13-,17+,19+/m0/s1. The average Bonchev–Trinajstić information content (AvgIpc) is 3.13. The summed E-state index contributed by atoms with van der Waals surface area (Å²) in [6.07, 6.45) is 5.25. The van der Waals surface area contributed by atoms with E-state index < -0.39 is 26.3 Å². The Morgan fingerprint density at radius 1 is 1.54 bits per heavy atom. The topological polar surface area (TPSA) is 82.0 Å². The van der Waals surface area contributed by atoms with Gasteiger partial charge in [-0.3, -0.25) is 9.36 Å². The predicted octanol–water partition coefficient (Wildman–Crippen LogP) is 3.08. The third-order valence-corrected chi connectivity index (χ3v) is 10.2. The maximum Gasteiger partial charge on any atom is 0.279 e. The van der Waals surface area contributed by atoms with E-state index in [-0.39, 0.29) is 34.8 Å². The maximum atomic E-state index is 15.5. The van der Waals surface area contributed by atoms with E-state index in [0.717, 1.165) is 0 Å². The van der Waals surface area contributed by atoms with Gasteiger partial charge in [-0.2, -0.15) is 0 Å². The molecule has 0 aliphatic carbocycles. The molecular weight excluding hydrogens is 379 g/mol. The molecule has 1 saturated heterocycles. The fraction of sp³-hybridized carbons (Fsp3) is 0.632. The van der Waals surface area contributed by atoms with Crippen molar-refractivity contribution in [2.24, 2.45) is 0 Å². The SMILES string of the molecule is C#C[C@@]1(F)C[C@@H](CO[Si](C)(C)C(C)(C)C)O[C@H]1n1cnc2c(=O)[nH]c(C)nc21. The normalized spacial score (nSPS) is 25.9. The highest BCUT2D eigenvalue weighted by Gasteiger charge is 2.51. The van der Waals surface area contributed by atoms with Crippen LogP contribution in [0.2, 0.25) is 18.1 Å². The number of hydrogen-bond acceptors (Lipinski definition) is 5. The summed E-state index contributed by atoms with van der Waals surface area (Å²) in [7, 11) is -2.01. The van der Waals surface area contributed by atoms with Gasteiger partial charge >= 0.3 is 0 Å². The van der Waals surface area contributed by atoms with Gasteiger partial charge < -0.3 is 14.1 Å². The molecule has 7 nitrogen and oxygen atoms in total. The van der Waals surface area contributed by atoms with Crippen molar-refractivity contribution in [3.05, 3.63) is 22.5 Å². The summed E-state index contributed by atoms with van der Waals surface area (Å²) < 4.78 is 29.1. The zero-order valence-corrected chi connectivity index (χ0v) is 18.2. The highest BCUT2D eigenvalue weighted by Crippen LogP contribution is 2.43. The highest BCUT2D eigenvalue weighted by atomic mass is 28.4. The number of ether oxygens (including phenoxy) is 1. The van der Waals surface area contributed by atoms with Gasteiger partial charge in [0.05, 0.1) is 19.0 Å². The fourth-order valence-electron chi connectivity index (χ4n) is 3.01. The van der Waals surface area contributed by atoms with Gasteiger partial charge in [-0.05, 0) is 25.1 Å². The van der Waals surface area contributed by atoms with Crippen LogP contribution >= 0.6 is 0 Å². The number of hydrogen-bond donors (Lipinski definition) is 1. The summed E-state index contributed by atoms with van der Waals surface area (Å²) in [5.41, 5.74) is -2.07. The van der Waals surface area contributed by atoms with Gasteiger partial charge in [0.25, 0.3) is 5.56 Å². The summed E-state index contributed by atoms with van der Waals surface area (Å²) in [5.74, 6) is 2.63. The molecule has 0 saturated carbocycles. The number of fused-ring (bicyclic) bond motifs is 1. The van der Waals surface area contributed by atoms with Crippen molar-refractivity contribution in [2.75, 3.05) is 6.61 Å². The second-order valence-electron chi connectivity index (χ2n) is 8.87. The second kappa shape index (κ2) is 6.79. The third-order valence-electron chi connectivity index (χ3n) is 5.72. The van der Waals surface area contributed by atoms with Crippen molar-refractivity contribution in [3.8, 4) is 12.3 Å². The molecule has 0 aromatic carbocycles. The summed E-state index contributed by atoms with van der Waals surface area (Å²) in [5, 5.41) is 0.0347. The number of imidazole rings is 1. The van der Waals surface area contributed by atoms with Gasteiger partial charge in [-0.1, -0.05) is 26.7 Å². The van der Waals surface area contributed by atoms with Crippen LogP contribution < -0.4 is 5.56 Å². The van der Waals surface area contributed by atoms with Crippen LogP contribution in [0.5, 0.6) is 0 Å². The van der Waals surface area contributed by atoms with Gasteiger partial charge in [0.1, 0.15) is 5.82 Å². The van der Waals surface area contributed by atoms with Crippen LogP contribution in [0, 0.1) is 19.3 Å². The monoisotopic (exact) mass is 406 g/mol. The molecule has 0 radical (unpaired) electrons. The molecule has 0 unspecified atom stereocenters. The Kier molecular flexibility index (Phi) is 5.02.